The molecule has 3 atom stereocenters. The van der Waals surface area contributed by atoms with Crippen LogP contribution in [0.5, 0.6) is 0 Å². The van der Waals surface area contributed by atoms with Crippen molar-refractivity contribution in [2.75, 3.05) is 26.8 Å². The molecule has 1 aromatic carbocycles. The lowest BCUT2D eigenvalue weighted by atomic mass is 9.54. The second-order valence-corrected chi connectivity index (χ2v) is 7.68. The molecule has 0 radical (unpaired) electrons. The Hall–Kier alpha value is -1.47. The lowest BCUT2D eigenvalue weighted by Gasteiger charge is -2.58. The molecule has 6 nitrogen and oxygen atoms in total. The predicted molar refractivity (Wildman–Crippen MR) is 100 cm³/mol. The first kappa shape index (κ1) is 20.8. The van der Waals surface area contributed by atoms with Crippen LogP contribution in [-0.4, -0.2) is 60.5 Å². The summed E-state index contributed by atoms with van der Waals surface area (Å²) in [4.78, 5) is 14.3. The Morgan fingerprint density at radius 1 is 1.38 bits per heavy atom. The van der Waals surface area contributed by atoms with Crippen LogP contribution in [0.1, 0.15) is 32.8 Å². The normalized spacial score (nSPS) is 25.4. The number of likely N-dealkylation sites (N-methyl/N-ethyl adjacent to an activating group) is 1. The maximum atomic E-state index is 12.8. The Labute approximate surface area is 156 Å². The van der Waals surface area contributed by atoms with Crippen molar-refractivity contribution in [3.63, 3.8) is 0 Å². The Bertz CT molecular complexity index is 593. The zero-order valence-corrected chi connectivity index (χ0v) is 16.3. The summed E-state index contributed by atoms with van der Waals surface area (Å²) >= 11 is 0. The van der Waals surface area contributed by atoms with Crippen molar-refractivity contribution in [2.45, 2.75) is 51.5 Å². The van der Waals surface area contributed by atoms with Gasteiger partial charge in [-0.05, 0) is 12.5 Å². The van der Waals surface area contributed by atoms with Gasteiger partial charge in [-0.2, -0.15) is 0 Å². The van der Waals surface area contributed by atoms with Crippen molar-refractivity contribution < 1.29 is 19.4 Å². The van der Waals surface area contributed by atoms with Crippen LogP contribution < -0.4 is 5.73 Å². The minimum Gasteiger partial charge on any atom is -0.389 e. The summed E-state index contributed by atoms with van der Waals surface area (Å²) in [5.41, 5.74) is 6.05. The van der Waals surface area contributed by atoms with Gasteiger partial charge < -0.3 is 25.2 Å². The van der Waals surface area contributed by atoms with E-state index in [1.54, 1.807) is 7.05 Å². The summed E-state index contributed by atoms with van der Waals surface area (Å²) in [6.07, 6.45) is -0.284. The fraction of sp³-hybridized carbons (Fsp3) is 0.650. The Morgan fingerprint density at radius 3 is 2.62 bits per heavy atom. The van der Waals surface area contributed by atoms with Crippen LogP contribution >= 0.6 is 0 Å². The minimum atomic E-state index is -0.966. The van der Waals surface area contributed by atoms with Crippen molar-refractivity contribution >= 4 is 5.91 Å². The van der Waals surface area contributed by atoms with Crippen molar-refractivity contribution in [1.82, 2.24) is 4.90 Å². The average Bonchev–Trinajstić information content (AvgIpc) is 2.61. The molecule has 1 amide bonds. The second kappa shape index (κ2) is 8.48. The van der Waals surface area contributed by atoms with E-state index < -0.39 is 17.1 Å². The fourth-order valence-corrected chi connectivity index (χ4v) is 3.48. The van der Waals surface area contributed by atoms with Crippen molar-refractivity contribution in [1.29, 1.82) is 0 Å². The van der Waals surface area contributed by atoms with Crippen LogP contribution in [0.2, 0.25) is 0 Å². The van der Waals surface area contributed by atoms with Gasteiger partial charge in [0.1, 0.15) is 5.54 Å². The lowest BCUT2D eigenvalue weighted by Crippen LogP contribution is -2.76. The van der Waals surface area contributed by atoms with Gasteiger partial charge in [0.2, 0.25) is 5.91 Å². The van der Waals surface area contributed by atoms with E-state index in [2.05, 4.69) is 0 Å². The number of hydrogen-bond acceptors (Lipinski definition) is 5. The van der Waals surface area contributed by atoms with Crippen molar-refractivity contribution in [3.8, 4) is 0 Å². The second-order valence-electron chi connectivity index (χ2n) is 7.68. The van der Waals surface area contributed by atoms with Gasteiger partial charge in [-0.25, -0.2) is 0 Å². The molecule has 2 rings (SSSR count). The van der Waals surface area contributed by atoms with E-state index in [0.717, 1.165) is 5.56 Å². The van der Waals surface area contributed by atoms with E-state index in [-0.39, 0.29) is 25.2 Å². The first-order chi connectivity index (χ1) is 12.2. The molecule has 1 aromatic rings. The average molecular weight is 364 g/mol. The molecule has 3 N–H and O–H groups in total. The topological polar surface area (TPSA) is 85.0 Å². The Balaban J connectivity index is 1.81. The highest BCUT2D eigenvalue weighted by atomic mass is 16.5. The standard InChI is InChI=1S/C20H32N2O4/c1-5-26-17-11-20(21,19(17,2)3)18(24)22(4)12-16(23)14-25-13-15-9-7-6-8-10-15/h6-10,16-17,23H,5,11-14,21H2,1-4H3. The minimum absolute atomic E-state index is 0.0195. The van der Waals surface area contributed by atoms with Gasteiger partial charge in [0.05, 0.1) is 25.4 Å². The Kier molecular flexibility index (Phi) is 6.80. The molecule has 0 spiro atoms. The predicted octanol–water partition coefficient (Wildman–Crippen LogP) is 1.56. The molecule has 6 heteroatoms. The van der Waals surface area contributed by atoms with Gasteiger partial charge >= 0.3 is 0 Å². The van der Waals surface area contributed by atoms with Crippen molar-refractivity contribution in [2.24, 2.45) is 11.1 Å². The van der Waals surface area contributed by atoms with E-state index >= 15 is 0 Å². The number of aliphatic hydroxyl groups excluding tert-OH is 1. The summed E-state index contributed by atoms with van der Waals surface area (Å²) in [6, 6.07) is 9.76. The number of nitrogens with zero attached hydrogens (tertiary/aromatic N) is 1. The molecule has 146 valence electrons. The number of benzene rings is 1. The number of aliphatic hydroxyl groups is 1. The maximum absolute atomic E-state index is 12.8. The van der Waals surface area contributed by atoms with E-state index in [9.17, 15) is 9.90 Å². The monoisotopic (exact) mass is 364 g/mol. The molecule has 0 aliphatic heterocycles. The van der Waals surface area contributed by atoms with E-state index in [1.807, 2.05) is 51.1 Å². The first-order valence-electron chi connectivity index (χ1n) is 9.18. The summed E-state index contributed by atoms with van der Waals surface area (Å²) in [5.74, 6) is -0.166. The highest BCUT2D eigenvalue weighted by molar-refractivity contribution is 5.88. The smallest absolute Gasteiger partial charge is 0.243 e. The number of carbonyl (C=O) groups is 1. The van der Waals surface area contributed by atoms with Crippen LogP contribution in [0.15, 0.2) is 30.3 Å². The third kappa shape index (κ3) is 4.26. The summed E-state index contributed by atoms with van der Waals surface area (Å²) in [5, 5.41) is 10.2. The number of amides is 1. The van der Waals surface area contributed by atoms with Gasteiger partial charge in [0.25, 0.3) is 0 Å². The number of rotatable bonds is 9. The fourth-order valence-electron chi connectivity index (χ4n) is 3.48. The summed E-state index contributed by atoms with van der Waals surface area (Å²) in [6.45, 7) is 7.23. The number of nitrogens with two attached hydrogens (primary N) is 1. The molecule has 0 heterocycles. The first-order valence-corrected chi connectivity index (χ1v) is 9.18. The SMILES string of the molecule is CCOC1CC(N)(C(=O)N(C)CC(O)COCc2ccccc2)C1(C)C. The van der Waals surface area contributed by atoms with Crippen LogP contribution in [0, 0.1) is 5.41 Å². The van der Waals surface area contributed by atoms with Gasteiger partial charge in [0, 0.05) is 32.0 Å². The molecule has 1 fully saturated rings. The zero-order chi connectivity index (χ0) is 19.4. The molecule has 0 saturated heterocycles. The van der Waals surface area contributed by atoms with Crippen LogP contribution in [0.3, 0.4) is 0 Å². The van der Waals surface area contributed by atoms with Crippen LogP contribution in [0.25, 0.3) is 0 Å². The molecule has 1 saturated carbocycles. The molecule has 1 aliphatic rings. The molecule has 3 unspecified atom stereocenters. The zero-order valence-electron chi connectivity index (χ0n) is 16.3. The quantitative estimate of drug-likeness (QED) is 0.694. The van der Waals surface area contributed by atoms with E-state index in [4.69, 9.17) is 15.2 Å². The lowest BCUT2D eigenvalue weighted by molar-refractivity contribution is -0.179. The summed E-state index contributed by atoms with van der Waals surface area (Å²) in [7, 11) is 1.67. The number of hydrogen-bond donors (Lipinski definition) is 2. The van der Waals surface area contributed by atoms with Gasteiger partial charge in [-0.1, -0.05) is 44.2 Å². The van der Waals surface area contributed by atoms with Crippen molar-refractivity contribution in [3.05, 3.63) is 35.9 Å². The molecular weight excluding hydrogens is 332 g/mol. The largest absolute Gasteiger partial charge is 0.389 e. The molecular formula is C20H32N2O4. The molecule has 0 bridgehead atoms. The molecule has 1 aliphatic carbocycles. The van der Waals surface area contributed by atoms with Gasteiger partial charge in [0.15, 0.2) is 0 Å². The number of carbonyl (C=O) groups excluding carboxylic acids is 1. The van der Waals surface area contributed by atoms with Gasteiger partial charge in [-0.15, -0.1) is 0 Å². The third-order valence-corrected chi connectivity index (χ3v) is 5.46. The number of ether oxygens (including phenoxy) is 2. The molecule has 0 aromatic heterocycles. The third-order valence-electron chi connectivity index (χ3n) is 5.46. The highest BCUT2D eigenvalue weighted by Crippen LogP contribution is 2.50. The van der Waals surface area contributed by atoms with Gasteiger partial charge in [-0.3, -0.25) is 4.79 Å². The molecule has 26 heavy (non-hydrogen) atoms. The maximum Gasteiger partial charge on any atom is 0.243 e. The Morgan fingerprint density at radius 2 is 2.04 bits per heavy atom. The highest BCUT2D eigenvalue weighted by Gasteiger charge is 2.63. The summed E-state index contributed by atoms with van der Waals surface area (Å²) < 4.78 is 11.2. The van der Waals surface area contributed by atoms with E-state index in [0.29, 0.717) is 19.6 Å². The van der Waals surface area contributed by atoms with Crippen LogP contribution in [-0.2, 0) is 20.9 Å². The van der Waals surface area contributed by atoms with E-state index in [1.165, 1.54) is 4.90 Å². The van der Waals surface area contributed by atoms with Crippen LogP contribution in [0.4, 0.5) is 0 Å².